The molecule has 2 aliphatic rings. The quantitative estimate of drug-likeness (QED) is 0.891. The maximum absolute atomic E-state index is 12.2. The van der Waals surface area contributed by atoms with E-state index in [0.717, 1.165) is 19.3 Å². The molecule has 1 aromatic heterocycles. The molecule has 0 amide bonds. The van der Waals surface area contributed by atoms with Crippen LogP contribution in [0.5, 0.6) is 0 Å². The van der Waals surface area contributed by atoms with E-state index in [1.807, 2.05) is 0 Å². The van der Waals surface area contributed by atoms with Crippen LogP contribution in [0.25, 0.3) is 0 Å². The van der Waals surface area contributed by atoms with Gasteiger partial charge in [0.05, 0.1) is 24.7 Å². The van der Waals surface area contributed by atoms with E-state index in [1.54, 1.807) is 18.4 Å². The fourth-order valence-electron chi connectivity index (χ4n) is 3.50. The second kappa shape index (κ2) is 4.70. The van der Waals surface area contributed by atoms with Gasteiger partial charge in [-0.1, -0.05) is 0 Å². The van der Waals surface area contributed by atoms with Gasteiger partial charge in [-0.2, -0.15) is 4.98 Å². The number of carboxylic acids is 1. The Hall–Kier alpha value is -1.69. The first kappa shape index (κ1) is 13.3. The third-order valence-corrected chi connectivity index (χ3v) is 4.44. The molecule has 3 atom stereocenters. The maximum Gasteiger partial charge on any atom is 0.348 e. The number of rotatable bonds is 3. The van der Waals surface area contributed by atoms with Crippen LogP contribution in [-0.2, 0) is 16.0 Å². The van der Waals surface area contributed by atoms with Gasteiger partial charge in [-0.05, 0) is 33.1 Å². The van der Waals surface area contributed by atoms with Crippen LogP contribution in [0.1, 0.15) is 42.3 Å². The van der Waals surface area contributed by atoms with Crippen LogP contribution in [0.3, 0.4) is 0 Å². The van der Waals surface area contributed by atoms with E-state index in [1.165, 1.54) is 0 Å². The highest BCUT2D eigenvalue weighted by atomic mass is 16.5. The largest absolute Gasteiger partial charge is 0.481 e. The normalized spacial score (nSPS) is 28.0. The number of fused-ring (bicyclic) bond motifs is 2. The van der Waals surface area contributed by atoms with Gasteiger partial charge >= 0.3 is 11.7 Å². The number of nitrogens with zero attached hydrogens (tertiary/aromatic N) is 2. The Morgan fingerprint density at radius 2 is 2.20 bits per heavy atom. The van der Waals surface area contributed by atoms with Gasteiger partial charge in [0.15, 0.2) is 0 Å². The number of aliphatic carboxylic acids is 1. The Balaban J connectivity index is 2.06. The lowest BCUT2D eigenvalue weighted by molar-refractivity contribution is -0.136. The fraction of sp³-hybridized carbons (Fsp3) is 0.643. The maximum atomic E-state index is 12.2. The van der Waals surface area contributed by atoms with Gasteiger partial charge < -0.3 is 9.84 Å². The number of hydrogen-bond acceptors (Lipinski definition) is 4. The molecule has 3 rings (SSSR count). The van der Waals surface area contributed by atoms with Crippen molar-refractivity contribution < 1.29 is 14.6 Å². The molecule has 0 saturated carbocycles. The SMILES string of the molecule is Cc1nc(=O)n(C2CC3CCC2O3)c(C)c1CC(=O)O. The lowest BCUT2D eigenvalue weighted by atomic mass is 9.94. The molecule has 0 aliphatic carbocycles. The zero-order chi connectivity index (χ0) is 14.4. The highest BCUT2D eigenvalue weighted by molar-refractivity contribution is 5.70. The summed E-state index contributed by atoms with van der Waals surface area (Å²) in [6.45, 7) is 3.49. The summed E-state index contributed by atoms with van der Waals surface area (Å²) in [6.07, 6.45) is 3.04. The molecular weight excluding hydrogens is 260 g/mol. The van der Waals surface area contributed by atoms with E-state index < -0.39 is 5.97 Å². The molecule has 3 unspecified atom stereocenters. The van der Waals surface area contributed by atoms with E-state index in [0.29, 0.717) is 17.0 Å². The van der Waals surface area contributed by atoms with E-state index in [-0.39, 0.29) is 30.4 Å². The Kier molecular flexibility index (Phi) is 3.12. The van der Waals surface area contributed by atoms with Crippen molar-refractivity contribution in [2.45, 2.75) is 57.8 Å². The summed E-state index contributed by atoms with van der Waals surface area (Å²) in [6, 6.07) is 0.00175. The van der Waals surface area contributed by atoms with E-state index in [9.17, 15) is 9.59 Å². The Morgan fingerprint density at radius 1 is 1.45 bits per heavy atom. The topological polar surface area (TPSA) is 81.4 Å². The van der Waals surface area contributed by atoms with Gasteiger partial charge in [0, 0.05) is 17.0 Å². The van der Waals surface area contributed by atoms with Gasteiger partial charge in [0.25, 0.3) is 0 Å². The van der Waals surface area contributed by atoms with Gasteiger partial charge in [0.1, 0.15) is 0 Å². The minimum atomic E-state index is -0.910. The summed E-state index contributed by atoms with van der Waals surface area (Å²) in [7, 11) is 0. The highest BCUT2D eigenvalue weighted by Crippen LogP contribution is 2.41. The van der Waals surface area contributed by atoms with Crippen molar-refractivity contribution in [3.8, 4) is 0 Å². The minimum Gasteiger partial charge on any atom is -0.481 e. The average molecular weight is 278 g/mol. The number of carbonyl (C=O) groups is 1. The number of aryl methyl sites for hydroxylation is 1. The summed E-state index contributed by atoms with van der Waals surface area (Å²) in [5, 5.41) is 9.01. The summed E-state index contributed by atoms with van der Waals surface area (Å²) in [5.41, 5.74) is 1.57. The third-order valence-electron chi connectivity index (χ3n) is 4.44. The van der Waals surface area contributed by atoms with Gasteiger partial charge in [-0.3, -0.25) is 9.36 Å². The highest BCUT2D eigenvalue weighted by Gasteiger charge is 2.42. The van der Waals surface area contributed by atoms with Crippen molar-refractivity contribution in [3.05, 3.63) is 27.4 Å². The van der Waals surface area contributed by atoms with Crippen molar-refractivity contribution in [2.75, 3.05) is 0 Å². The molecule has 6 nitrogen and oxygen atoms in total. The summed E-state index contributed by atoms with van der Waals surface area (Å²) in [4.78, 5) is 27.2. The second-order valence-electron chi connectivity index (χ2n) is 5.66. The lowest BCUT2D eigenvalue weighted by Crippen LogP contribution is -2.35. The average Bonchev–Trinajstić information content (AvgIpc) is 2.96. The van der Waals surface area contributed by atoms with Crippen molar-refractivity contribution in [1.82, 2.24) is 9.55 Å². The standard InChI is InChI=1S/C14H18N2O4/c1-7-10(6-13(17)18)8(2)16(14(19)15-7)11-5-9-3-4-12(11)20-9/h9,11-12H,3-6H2,1-2H3,(H,17,18). The molecule has 1 N–H and O–H groups in total. The molecule has 2 fully saturated rings. The molecule has 2 bridgehead atoms. The van der Waals surface area contributed by atoms with Gasteiger partial charge in [-0.25, -0.2) is 4.79 Å². The Bertz CT molecular complexity index is 622. The van der Waals surface area contributed by atoms with Crippen molar-refractivity contribution in [2.24, 2.45) is 0 Å². The first-order valence-electron chi connectivity index (χ1n) is 6.93. The van der Waals surface area contributed by atoms with Crippen LogP contribution in [0.2, 0.25) is 0 Å². The van der Waals surface area contributed by atoms with Gasteiger partial charge in [0.2, 0.25) is 0 Å². The molecule has 3 heterocycles. The minimum absolute atomic E-state index is 0.00175. The molecule has 6 heteroatoms. The van der Waals surface area contributed by atoms with Crippen LogP contribution in [0, 0.1) is 13.8 Å². The molecule has 2 aliphatic heterocycles. The smallest absolute Gasteiger partial charge is 0.348 e. The van der Waals surface area contributed by atoms with E-state index in [2.05, 4.69) is 4.98 Å². The molecule has 0 radical (unpaired) electrons. The zero-order valence-electron chi connectivity index (χ0n) is 11.6. The van der Waals surface area contributed by atoms with E-state index in [4.69, 9.17) is 9.84 Å². The molecule has 0 spiro atoms. The monoisotopic (exact) mass is 278 g/mol. The van der Waals surface area contributed by atoms with Crippen molar-refractivity contribution in [1.29, 1.82) is 0 Å². The number of hydrogen-bond donors (Lipinski definition) is 1. The molecule has 2 saturated heterocycles. The summed E-state index contributed by atoms with van der Waals surface area (Å²) >= 11 is 0. The second-order valence-corrected chi connectivity index (χ2v) is 5.66. The zero-order valence-corrected chi connectivity index (χ0v) is 11.6. The third kappa shape index (κ3) is 2.04. The fourth-order valence-corrected chi connectivity index (χ4v) is 3.50. The van der Waals surface area contributed by atoms with Crippen molar-refractivity contribution in [3.63, 3.8) is 0 Å². The Morgan fingerprint density at radius 3 is 2.75 bits per heavy atom. The molecule has 108 valence electrons. The molecular formula is C14H18N2O4. The summed E-state index contributed by atoms with van der Waals surface area (Å²) < 4.78 is 7.44. The first-order valence-corrected chi connectivity index (χ1v) is 6.93. The lowest BCUT2D eigenvalue weighted by Gasteiger charge is -2.24. The molecule has 20 heavy (non-hydrogen) atoms. The van der Waals surface area contributed by atoms with Gasteiger partial charge in [-0.15, -0.1) is 0 Å². The number of ether oxygens (including phenoxy) is 1. The predicted octanol–water partition coefficient (Wildman–Crippen LogP) is 0.980. The van der Waals surface area contributed by atoms with Crippen LogP contribution < -0.4 is 5.69 Å². The predicted molar refractivity (Wildman–Crippen MR) is 70.9 cm³/mol. The van der Waals surface area contributed by atoms with Crippen molar-refractivity contribution >= 4 is 5.97 Å². The van der Waals surface area contributed by atoms with E-state index >= 15 is 0 Å². The van der Waals surface area contributed by atoms with Crippen LogP contribution in [-0.4, -0.2) is 32.8 Å². The first-order chi connectivity index (χ1) is 9.47. The number of aromatic nitrogens is 2. The van der Waals surface area contributed by atoms with Crippen LogP contribution in [0.4, 0.5) is 0 Å². The summed E-state index contributed by atoms with van der Waals surface area (Å²) in [5.74, 6) is -0.910. The molecule has 1 aromatic rings. The Labute approximate surface area is 116 Å². The number of carboxylic acid groups (broad SMARTS) is 1. The molecule has 0 aromatic carbocycles. The van der Waals surface area contributed by atoms with Crippen LogP contribution >= 0.6 is 0 Å². The van der Waals surface area contributed by atoms with Crippen LogP contribution in [0.15, 0.2) is 4.79 Å².